The molecule has 1 amide bonds. The fourth-order valence-corrected chi connectivity index (χ4v) is 2.86. The van der Waals surface area contributed by atoms with Crippen LogP contribution in [0, 0.1) is 5.92 Å². The molecule has 1 aromatic carbocycles. The van der Waals surface area contributed by atoms with Crippen LogP contribution in [0.1, 0.15) is 23.2 Å². The van der Waals surface area contributed by atoms with E-state index in [1.54, 1.807) is 6.20 Å². The van der Waals surface area contributed by atoms with Gasteiger partial charge in [-0.05, 0) is 43.0 Å². The van der Waals surface area contributed by atoms with Crippen molar-refractivity contribution in [2.45, 2.75) is 12.8 Å². The molecule has 0 unspecified atom stereocenters. The lowest BCUT2D eigenvalue weighted by atomic mass is 9.96. The standard InChI is InChI=1S/C18H21N3O/c22-18(16-5-2-1-3-6-16)20-13-15-8-11-21(12-9-15)17-7-4-10-19-14-17/h1-7,10,14-15H,8-9,11-13H2,(H,20,22). The molecule has 0 bridgehead atoms. The minimum atomic E-state index is 0.0234. The van der Waals surface area contributed by atoms with Crippen LogP contribution >= 0.6 is 0 Å². The molecule has 0 atom stereocenters. The summed E-state index contributed by atoms with van der Waals surface area (Å²) in [6.07, 6.45) is 5.92. The molecule has 0 aliphatic carbocycles. The Morgan fingerprint density at radius 2 is 1.91 bits per heavy atom. The zero-order valence-electron chi connectivity index (χ0n) is 12.6. The van der Waals surface area contributed by atoms with E-state index in [1.807, 2.05) is 42.6 Å². The van der Waals surface area contributed by atoms with Gasteiger partial charge in [0, 0.05) is 31.4 Å². The lowest BCUT2D eigenvalue weighted by Crippen LogP contribution is -2.38. The molecule has 114 valence electrons. The number of benzene rings is 1. The van der Waals surface area contributed by atoms with Crippen LogP contribution in [0.5, 0.6) is 0 Å². The van der Waals surface area contributed by atoms with Crippen LogP contribution in [0.25, 0.3) is 0 Å². The maximum absolute atomic E-state index is 12.0. The van der Waals surface area contributed by atoms with Crippen molar-refractivity contribution in [2.75, 3.05) is 24.5 Å². The molecule has 1 fully saturated rings. The van der Waals surface area contributed by atoms with Gasteiger partial charge in [0.15, 0.2) is 0 Å². The molecule has 4 heteroatoms. The number of piperidine rings is 1. The molecule has 2 aromatic rings. The largest absolute Gasteiger partial charge is 0.370 e. The fraction of sp³-hybridized carbons (Fsp3) is 0.333. The zero-order valence-corrected chi connectivity index (χ0v) is 12.6. The van der Waals surface area contributed by atoms with Gasteiger partial charge < -0.3 is 10.2 Å². The second-order valence-electron chi connectivity index (χ2n) is 5.72. The Hall–Kier alpha value is -2.36. The minimum absolute atomic E-state index is 0.0234. The molecule has 1 aliphatic heterocycles. The van der Waals surface area contributed by atoms with Gasteiger partial charge in [-0.1, -0.05) is 18.2 Å². The van der Waals surface area contributed by atoms with E-state index >= 15 is 0 Å². The number of nitrogens with one attached hydrogen (secondary N) is 1. The van der Waals surface area contributed by atoms with Gasteiger partial charge in [0.1, 0.15) is 0 Å². The average molecular weight is 295 g/mol. The fourth-order valence-electron chi connectivity index (χ4n) is 2.86. The SMILES string of the molecule is O=C(NCC1CCN(c2cccnc2)CC1)c1ccccc1. The maximum atomic E-state index is 12.0. The molecule has 1 aliphatic rings. The second kappa shape index (κ2) is 7.07. The van der Waals surface area contributed by atoms with E-state index in [1.165, 1.54) is 5.69 Å². The van der Waals surface area contributed by atoms with Gasteiger partial charge in [0.2, 0.25) is 0 Å². The highest BCUT2D eigenvalue weighted by Gasteiger charge is 2.20. The summed E-state index contributed by atoms with van der Waals surface area (Å²) in [5.41, 5.74) is 1.92. The highest BCUT2D eigenvalue weighted by molar-refractivity contribution is 5.94. The molecule has 2 heterocycles. The third-order valence-electron chi connectivity index (χ3n) is 4.21. The first-order chi connectivity index (χ1) is 10.8. The van der Waals surface area contributed by atoms with Gasteiger partial charge in [0.05, 0.1) is 11.9 Å². The van der Waals surface area contributed by atoms with E-state index in [4.69, 9.17) is 0 Å². The van der Waals surface area contributed by atoms with E-state index < -0.39 is 0 Å². The molecule has 0 radical (unpaired) electrons. The summed E-state index contributed by atoms with van der Waals surface area (Å²) in [5.74, 6) is 0.580. The van der Waals surface area contributed by atoms with E-state index in [-0.39, 0.29) is 5.91 Å². The van der Waals surface area contributed by atoms with Gasteiger partial charge in [-0.25, -0.2) is 0 Å². The number of pyridine rings is 1. The van der Waals surface area contributed by atoms with Crippen molar-refractivity contribution < 1.29 is 4.79 Å². The molecule has 22 heavy (non-hydrogen) atoms. The number of hydrogen-bond acceptors (Lipinski definition) is 3. The van der Waals surface area contributed by atoms with Crippen LogP contribution < -0.4 is 10.2 Å². The molecular formula is C18H21N3O. The summed E-state index contributed by atoms with van der Waals surface area (Å²) in [4.78, 5) is 18.6. The van der Waals surface area contributed by atoms with Crippen molar-refractivity contribution in [2.24, 2.45) is 5.92 Å². The van der Waals surface area contributed by atoms with Gasteiger partial charge in [0.25, 0.3) is 5.91 Å². The van der Waals surface area contributed by atoms with Crippen molar-refractivity contribution >= 4 is 11.6 Å². The van der Waals surface area contributed by atoms with Crippen LogP contribution in [0.4, 0.5) is 5.69 Å². The predicted molar refractivity (Wildman–Crippen MR) is 87.9 cm³/mol. The van der Waals surface area contributed by atoms with E-state index in [0.29, 0.717) is 5.92 Å². The summed E-state index contributed by atoms with van der Waals surface area (Å²) in [7, 11) is 0. The number of carbonyl (C=O) groups excluding carboxylic acids is 1. The third-order valence-corrected chi connectivity index (χ3v) is 4.21. The number of anilines is 1. The Labute approximate surface area is 131 Å². The highest BCUT2D eigenvalue weighted by Crippen LogP contribution is 2.22. The monoisotopic (exact) mass is 295 g/mol. The number of carbonyl (C=O) groups is 1. The number of aromatic nitrogens is 1. The van der Waals surface area contributed by atoms with Gasteiger partial charge in [-0.15, -0.1) is 0 Å². The quantitative estimate of drug-likeness (QED) is 0.943. The molecule has 0 spiro atoms. The summed E-state index contributed by atoms with van der Waals surface area (Å²) >= 11 is 0. The smallest absolute Gasteiger partial charge is 0.251 e. The molecule has 0 saturated carbocycles. The Morgan fingerprint density at radius 1 is 1.14 bits per heavy atom. The third kappa shape index (κ3) is 3.64. The number of rotatable bonds is 4. The summed E-state index contributed by atoms with van der Waals surface area (Å²) < 4.78 is 0. The first-order valence-corrected chi connectivity index (χ1v) is 7.81. The Balaban J connectivity index is 1.45. The highest BCUT2D eigenvalue weighted by atomic mass is 16.1. The predicted octanol–water partition coefficient (Wildman–Crippen LogP) is 2.73. The van der Waals surface area contributed by atoms with E-state index in [9.17, 15) is 4.79 Å². The summed E-state index contributed by atoms with van der Waals surface area (Å²) in [6.45, 7) is 2.81. The number of amides is 1. The molecule has 1 N–H and O–H groups in total. The van der Waals surface area contributed by atoms with Crippen molar-refractivity contribution in [3.05, 3.63) is 60.4 Å². The van der Waals surface area contributed by atoms with Crippen molar-refractivity contribution in [3.8, 4) is 0 Å². The van der Waals surface area contributed by atoms with Crippen LogP contribution in [0.2, 0.25) is 0 Å². The van der Waals surface area contributed by atoms with Crippen molar-refractivity contribution in [3.63, 3.8) is 0 Å². The molecule has 1 saturated heterocycles. The molecule has 4 nitrogen and oxygen atoms in total. The summed E-state index contributed by atoms with van der Waals surface area (Å²) in [6, 6.07) is 13.5. The van der Waals surface area contributed by atoms with Crippen molar-refractivity contribution in [1.82, 2.24) is 10.3 Å². The van der Waals surface area contributed by atoms with Crippen LogP contribution in [0.15, 0.2) is 54.9 Å². The van der Waals surface area contributed by atoms with Gasteiger partial charge in [-0.3, -0.25) is 9.78 Å². The Bertz CT molecular complexity index is 592. The first kappa shape index (κ1) is 14.6. The Kier molecular flexibility index (Phi) is 4.68. The lowest BCUT2D eigenvalue weighted by Gasteiger charge is -2.33. The van der Waals surface area contributed by atoms with Crippen LogP contribution in [-0.4, -0.2) is 30.5 Å². The number of nitrogens with zero attached hydrogens (tertiary/aromatic N) is 2. The molecular weight excluding hydrogens is 274 g/mol. The van der Waals surface area contributed by atoms with Gasteiger partial charge >= 0.3 is 0 Å². The van der Waals surface area contributed by atoms with Crippen molar-refractivity contribution in [1.29, 1.82) is 0 Å². The molecule has 3 rings (SSSR count). The normalized spacial score (nSPS) is 15.5. The second-order valence-corrected chi connectivity index (χ2v) is 5.72. The zero-order chi connectivity index (χ0) is 15.2. The maximum Gasteiger partial charge on any atom is 0.251 e. The molecule has 1 aromatic heterocycles. The first-order valence-electron chi connectivity index (χ1n) is 7.81. The van der Waals surface area contributed by atoms with E-state index in [2.05, 4.69) is 21.3 Å². The van der Waals surface area contributed by atoms with Crippen LogP contribution in [0.3, 0.4) is 0 Å². The average Bonchev–Trinajstić information content (AvgIpc) is 2.61. The minimum Gasteiger partial charge on any atom is -0.370 e. The van der Waals surface area contributed by atoms with Crippen LogP contribution in [-0.2, 0) is 0 Å². The summed E-state index contributed by atoms with van der Waals surface area (Å²) in [5, 5.41) is 3.05. The van der Waals surface area contributed by atoms with E-state index in [0.717, 1.165) is 38.0 Å². The topological polar surface area (TPSA) is 45.2 Å². The number of hydrogen-bond donors (Lipinski definition) is 1. The lowest BCUT2D eigenvalue weighted by molar-refractivity contribution is 0.0945. The van der Waals surface area contributed by atoms with Gasteiger partial charge in [-0.2, -0.15) is 0 Å². The Morgan fingerprint density at radius 3 is 2.59 bits per heavy atom.